The molecule has 1 aliphatic heterocycles. The van der Waals surface area contributed by atoms with E-state index in [1.165, 1.54) is 0 Å². The summed E-state index contributed by atoms with van der Waals surface area (Å²) in [5.41, 5.74) is 1.65. The summed E-state index contributed by atoms with van der Waals surface area (Å²) in [6.07, 6.45) is 1.79. The Bertz CT molecular complexity index is 1280. The number of nitrogens with zero attached hydrogens (tertiary/aromatic N) is 3. The zero-order chi connectivity index (χ0) is 24.0. The third-order valence-electron chi connectivity index (χ3n) is 5.89. The highest BCUT2D eigenvalue weighted by Gasteiger charge is 2.27. The van der Waals surface area contributed by atoms with Crippen LogP contribution in [-0.2, 0) is 11.3 Å². The minimum Gasteiger partial charge on any atom is -0.457 e. The van der Waals surface area contributed by atoms with E-state index in [1.54, 1.807) is 0 Å². The quantitative estimate of drug-likeness (QED) is 0.307. The van der Waals surface area contributed by atoms with E-state index in [2.05, 4.69) is 36.3 Å². The van der Waals surface area contributed by atoms with Gasteiger partial charge in [-0.25, -0.2) is 0 Å². The Balaban J connectivity index is 1.15. The molecule has 0 spiro atoms. The first-order valence-corrected chi connectivity index (χ1v) is 12.4. The van der Waals surface area contributed by atoms with Crippen molar-refractivity contribution in [2.45, 2.75) is 19.4 Å². The fourth-order valence-corrected chi connectivity index (χ4v) is 4.54. The molecule has 2 heterocycles. The zero-order valence-corrected chi connectivity index (χ0v) is 20.6. The van der Waals surface area contributed by atoms with Crippen molar-refractivity contribution in [3.05, 3.63) is 89.2 Å². The van der Waals surface area contributed by atoms with Gasteiger partial charge in [-0.1, -0.05) is 51.4 Å². The predicted molar refractivity (Wildman–Crippen MR) is 137 cm³/mol. The van der Waals surface area contributed by atoms with Gasteiger partial charge in [0.05, 0.1) is 12.5 Å². The van der Waals surface area contributed by atoms with Gasteiger partial charge in [0.2, 0.25) is 17.6 Å². The van der Waals surface area contributed by atoms with Gasteiger partial charge in [-0.15, -0.1) is 0 Å². The van der Waals surface area contributed by atoms with E-state index in [4.69, 9.17) is 9.26 Å². The average Bonchev–Trinajstić information content (AvgIpc) is 3.34. The Kier molecular flexibility index (Phi) is 7.20. The van der Waals surface area contributed by atoms with Gasteiger partial charge in [-0.05, 0) is 67.9 Å². The van der Waals surface area contributed by atoms with Crippen LogP contribution < -0.4 is 10.1 Å². The topological polar surface area (TPSA) is 80.5 Å². The van der Waals surface area contributed by atoms with Crippen LogP contribution in [0.3, 0.4) is 0 Å². The molecule has 1 amide bonds. The number of para-hydroxylation sites is 1. The van der Waals surface area contributed by atoms with E-state index < -0.39 is 0 Å². The van der Waals surface area contributed by atoms with Gasteiger partial charge in [0.25, 0.3) is 0 Å². The lowest BCUT2D eigenvalue weighted by molar-refractivity contribution is -0.121. The van der Waals surface area contributed by atoms with Crippen LogP contribution >= 0.6 is 15.9 Å². The van der Waals surface area contributed by atoms with Crippen LogP contribution in [0, 0.1) is 5.92 Å². The predicted octanol–water partition coefficient (Wildman–Crippen LogP) is 6.14. The minimum absolute atomic E-state index is 0.0202. The van der Waals surface area contributed by atoms with Crippen LogP contribution in [0.4, 0.5) is 5.69 Å². The Morgan fingerprint density at radius 3 is 2.66 bits per heavy atom. The Hall–Kier alpha value is -3.49. The third-order valence-corrected chi connectivity index (χ3v) is 6.38. The van der Waals surface area contributed by atoms with Gasteiger partial charge in [-0.2, -0.15) is 4.98 Å². The molecule has 1 fully saturated rings. The summed E-state index contributed by atoms with van der Waals surface area (Å²) in [6.45, 7) is 2.07. The molecule has 8 heteroatoms. The van der Waals surface area contributed by atoms with Crippen LogP contribution in [0.2, 0.25) is 0 Å². The maximum absolute atomic E-state index is 12.9. The fraction of sp³-hybridized carbons (Fsp3) is 0.222. The average molecular weight is 533 g/mol. The normalized spacial score (nSPS) is 16.1. The second-order valence-electron chi connectivity index (χ2n) is 8.53. The van der Waals surface area contributed by atoms with Crippen molar-refractivity contribution in [1.29, 1.82) is 0 Å². The van der Waals surface area contributed by atoms with Crippen LogP contribution in [0.5, 0.6) is 11.5 Å². The van der Waals surface area contributed by atoms with Crippen LogP contribution in [0.25, 0.3) is 11.4 Å². The number of nitrogens with one attached hydrogen (secondary N) is 1. The van der Waals surface area contributed by atoms with Crippen LogP contribution in [0.15, 0.2) is 87.9 Å². The van der Waals surface area contributed by atoms with Gasteiger partial charge >= 0.3 is 0 Å². The molecule has 3 aromatic carbocycles. The summed E-state index contributed by atoms with van der Waals surface area (Å²) in [7, 11) is 0. The Labute approximate surface area is 212 Å². The number of likely N-dealkylation sites (tertiary alicyclic amines) is 1. The van der Waals surface area contributed by atoms with Crippen LogP contribution in [0.1, 0.15) is 18.7 Å². The number of hydrogen-bond donors (Lipinski definition) is 1. The largest absolute Gasteiger partial charge is 0.457 e. The summed E-state index contributed by atoms with van der Waals surface area (Å²) >= 11 is 3.47. The van der Waals surface area contributed by atoms with Crippen molar-refractivity contribution in [2.75, 3.05) is 18.4 Å². The molecule has 1 aromatic heterocycles. The van der Waals surface area contributed by atoms with E-state index in [0.717, 1.165) is 46.6 Å². The molecule has 1 unspecified atom stereocenters. The lowest BCUT2D eigenvalue weighted by Gasteiger charge is -2.30. The molecular formula is C27H25BrN4O3. The number of anilines is 1. The molecule has 178 valence electrons. The highest BCUT2D eigenvalue weighted by Crippen LogP contribution is 2.25. The highest BCUT2D eigenvalue weighted by molar-refractivity contribution is 9.10. The van der Waals surface area contributed by atoms with E-state index in [-0.39, 0.29) is 11.8 Å². The van der Waals surface area contributed by atoms with Crippen molar-refractivity contribution in [3.63, 3.8) is 0 Å². The molecule has 0 radical (unpaired) electrons. The summed E-state index contributed by atoms with van der Waals surface area (Å²) in [6, 6.07) is 24.8. The molecule has 35 heavy (non-hydrogen) atoms. The van der Waals surface area contributed by atoms with Crippen molar-refractivity contribution in [1.82, 2.24) is 15.0 Å². The second-order valence-corrected chi connectivity index (χ2v) is 9.44. The Morgan fingerprint density at radius 2 is 1.86 bits per heavy atom. The van der Waals surface area contributed by atoms with Crippen LogP contribution in [-0.4, -0.2) is 34.0 Å². The smallest absolute Gasteiger partial charge is 0.241 e. The van der Waals surface area contributed by atoms with Crippen molar-refractivity contribution in [2.24, 2.45) is 5.92 Å². The number of halogens is 1. The number of aromatic nitrogens is 2. The molecule has 0 saturated carbocycles. The molecule has 4 aromatic rings. The number of benzene rings is 3. The second kappa shape index (κ2) is 10.8. The minimum atomic E-state index is -0.100. The molecule has 0 aliphatic carbocycles. The maximum atomic E-state index is 12.9. The molecule has 1 N–H and O–H groups in total. The van der Waals surface area contributed by atoms with Gasteiger partial charge < -0.3 is 14.6 Å². The van der Waals surface area contributed by atoms with Gasteiger partial charge in [0.15, 0.2) is 0 Å². The number of carbonyl (C=O) groups is 1. The number of rotatable bonds is 7. The highest BCUT2D eigenvalue weighted by atomic mass is 79.9. The molecule has 0 bridgehead atoms. The number of piperidine rings is 1. The standard InChI is InChI=1S/C27H25BrN4O3/c28-21-8-4-6-19(16-21)26-30-25(35-31-26)18-32-15-5-7-20(17-32)27(33)29-22-11-13-24(14-12-22)34-23-9-2-1-3-10-23/h1-4,6,8-14,16,20H,5,7,15,17-18H2,(H,29,33). The summed E-state index contributed by atoms with van der Waals surface area (Å²) in [4.78, 5) is 19.7. The summed E-state index contributed by atoms with van der Waals surface area (Å²) < 4.78 is 12.3. The first-order valence-electron chi connectivity index (χ1n) is 11.6. The first kappa shape index (κ1) is 23.3. The molecule has 7 nitrogen and oxygen atoms in total. The zero-order valence-electron chi connectivity index (χ0n) is 19.1. The lowest BCUT2D eigenvalue weighted by atomic mass is 9.97. The van der Waals surface area contributed by atoms with Gasteiger partial charge in [-0.3, -0.25) is 9.69 Å². The first-order chi connectivity index (χ1) is 17.1. The van der Waals surface area contributed by atoms with Crippen molar-refractivity contribution in [3.8, 4) is 22.9 Å². The molecular weight excluding hydrogens is 508 g/mol. The van der Waals surface area contributed by atoms with E-state index in [9.17, 15) is 4.79 Å². The Morgan fingerprint density at radius 1 is 1.06 bits per heavy atom. The molecule has 5 rings (SSSR count). The van der Waals surface area contributed by atoms with Gasteiger partial charge in [0, 0.05) is 22.3 Å². The SMILES string of the molecule is O=C(Nc1ccc(Oc2ccccc2)cc1)C1CCCN(Cc2nc(-c3cccc(Br)c3)no2)C1. The number of hydrogen-bond acceptors (Lipinski definition) is 6. The monoisotopic (exact) mass is 532 g/mol. The van der Waals surface area contributed by atoms with E-state index in [0.29, 0.717) is 24.8 Å². The number of amides is 1. The molecule has 1 aliphatic rings. The van der Waals surface area contributed by atoms with E-state index >= 15 is 0 Å². The maximum Gasteiger partial charge on any atom is 0.241 e. The number of carbonyl (C=O) groups excluding carboxylic acids is 1. The third kappa shape index (κ3) is 6.15. The van der Waals surface area contributed by atoms with E-state index in [1.807, 2.05) is 78.9 Å². The van der Waals surface area contributed by atoms with Gasteiger partial charge in [0.1, 0.15) is 11.5 Å². The fourth-order valence-electron chi connectivity index (χ4n) is 4.14. The molecule has 1 atom stereocenters. The molecule has 1 saturated heterocycles. The van der Waals surface area contributed by atoms with Crippen molar-refractivity contribution < 1.29 is 14.1 Å². The number of ether oxygens (including phenoxy) is 1. The lowest BCUT2D eigenvalue weighted by Crippen LogP contribution is -2.40. The summed E-state index contributed by atoms with van der Waals surface area (Å²) in [5.74, 6) is 2.53. The summed E-state index contributed by atoms with van der Waals surface area (Å²) in [5, 5.41) is 7.15. The van der Waals surface area contributed by atoms with Crippen molar-refractivity contribution >= 4 is 27.5 Å².